The van der Waals surface area contributed by atoms with Crippen LogP contribution in [0, 0.1) is 11.6 Å². The standard InChI is InChI=1S/C13H16F2N4/c1-3-16-11(12-8-17-18-19(12)2)7-9-5-4-6-10(14)13(9)15/h4-6,8,11,16H,3,7H2,1-2H3. The molecule has 1 N–H and O–H groups in total. The third kappa shape index (κ3) is 2.96. The molecule has 2 aromatic rings. The number of aryl methyl sites for hydroxylation is 1. The molecule has 0 radical (unpaired) electrons. The molecule has 0 fully saturated rings. The lowest BCUT2D eigenvalue weighted by atomic mass is 10.0. The van der Waals surface area contributed by atoms with Gasteiger partial charge in [0.05, 0.1) is 17.9 Å². The highest BCUT2D eigenvalue weighted by Gasteiger charge is 2.18. The van der Waals surface area contributed by atoms with Crippen LogP contribution in [0.5, 0.6) is 0 Å². The van der Waals surface area contributed by atoms with Crippen LogP contribution in [0.15, 0.2) is 24.4 Å². The fraction of sp³-hybridized carbons (Fsp3) is 0.385. The first kappa shape index (κ1) is 13.6. The van der Waals surface area contributed by atoms with E-state index in [1.54, 1.807) is 24.0 Å². The summed E-state index contributed by atoms with van der Waals surface area (Å²) in [5.41, 5.74) is 1.18. The first-order valence-corrected chi connectivity index (χ1v) is 6.14. The van der Waals surface area contributed by atoms with Crippen molar-refractivity contribution in [3.05, 3.63) is 47.3 Å². The number of nitrogens with zero attached hydrogens (tertiary/aromatic N) is 3. The molecule has 0 aliphatic heterocycles. The zero-order chi connectivity index (χ0) is 13.8. The highest BCUT2D eigenvalue weighted by atomic mass is 19.2. The van der Waals surface area contributed by atoms with Crippen LogP contribution in [0.3, 0.4) is 0 Å². The van der Waals surface area contributed by atoms with Crippen LogP contribution in [0.25, 0.3) is 0 Å². The maximum atomic E-state index is 13.7. The predicted molar refractivity (Wildman–Crippen MR) is 67.5 cm³/mol. The Morgan fingerprint density at radius 3 is 2.79 bits per heavy atom. The van der Waals surface area contributed by atoms with E-state index in [1.165, 1.54) is 6.07 Å². The molecule has 0 aliphatic rings. The number of benzene rings is 1. The van der Waals surface area contributed by atoms with Gasteiger partial charge in [-0.15, -0.1) is 5.10 Å². The van der Waals surface area contributed by atoms with Gasteiger partial charge < -0.3 is 5.32 Å². The fourth-order valence-corrected chi connectivity index (χ4v) is 2.07. The molecule has 0 aliphatic carbocycles. The zero-order valence-electron chi connectivity index (χ0n) is 10.9. The van der Waals surface area contributed by atoms with Crippen molar-refractivity contribution in [3.8, 4) is 0 Å². The third-order valence-electron chi connectivity index (χ3n) is 3.01. The van der Waals surface area contributed by atoms with Crippen molar-refractivity contribution in [2.45, 2.75) is 19.4 Å². The smallest absolute Gasteiger partial charge is 0.162 e. The minimum Gasteiger partial charge on any atom is -0.309 e. The van der Waals surface area contributed by atoms with Crippen LogP contribution < -0.4 is 5.32 Å². The van der Waals surface area contributed by atoms with E-state index in [2.05, 4.69) is 15.6 Å². The molecule has 0 spiro atoms. The maximum absolute atomic E-state index is 13.7. The maximum Gasteiger partial charge on any atom is 0.162 e. The van der Waals surface area contributed by atoms with Gasteiger partial charge in [-0.1, -0.05) is 24.3 Å². The van der Waals surface area contributed by atoms with E-state index in [9.17, 15) is 8.78 Å². The van der Waals surface area contributed by atoms with Gasteiger partial charge in [-0.3, -0.25) is 4.68 Å². The van der Waals surface area contributed by atoms with Gasteiger partial charge in [0.2, 0.25) is 0 Å². The molecule has 0 bridgehead atoms. The summed E-state index contributed by atoms with van der Waals surface area (Å²) < 4.78 is 28.5. The second-order valence-corrected chi connectivity index (χ2v) is 4.31. The van der Waals surface area contributed by atoms with Gasteiger partial charge in [0, 0.05) is 7.05 Å². The predicted octanol–water partition coefficient (Wildman–Crippen LogP) is 1.99. The van der Waals surface area contributed by atoms with Gasteiger partial charge in [0.15, 0.2) is 11.6 Å². The number of nitrogens with one attached hydrogen (secondary N) is 1. The first-order chi connectivity index (χ1) is 9.13. The molecule has 1 aromatic carbocycles. The molecule has 1 atom stereocenters. The molecule has 6 heteroatoms. The highest BCUT2D eigenvalue weighted by molar-refractivity contribution is 5.21. The van der Waals surface area contributed by atoms with Crippen LogP contribution in [-0.2, 0) is 13.5 Å². The molecule has 1 unspecified atom stereocenters. The van der Waals surface area contributed by atoms with Crippen molar-refractivity contribution in [1.82, 2.24) is 20.3 Å². The number of hydrogen-bond acceptors (Lipinski definition) is 3. The van der Waals surface area contributed by atoms with E-state index in [4.69, 9.17) is 0 Å². The van der Waals surface area contributed by atoms with E-state index in [1.807, 2.05) is 6.92 Å². The SMILES string of the molecule is CCNC(Cc1cccc(F)c1F)c1cnnn1C. The quantitative estimate of drug-likeness (QED) is 0.900. The third-order valence-corrected chi connectivity index (χ3v) is 3.01. The average Bonchev–Trinajstić information content (AvgIpc) is 2.80. The summed E-state index contributed by atoms with van der Waals surface area (Å²) in [5, 5.41) is 10.9. The monoisotopic (exact) mass is 266 g/mol. The van der Waals surface area contributed by atoms with E-state index in [0.717, 1.165) is 11.8 Å². The normalized spacial score (nSPS) is 12.6. The number of rotatable bonds is 5. The van der Waals surface area contributed by atoms with E-state index in [0.29, 0.717) is 18.5 Å². The van der Waals surface area contributed by atoms with Crippen LogP contribution in [-0.4, -0.2) is 21.5 Å². The molecule has 102 valence electrons. The van der Waals surface area contributed by atoms with Gasteiger partial charge in [-0.05, 0) is 24.6 Å². The molecule has 2 rings (SSSR count). The second-order valence-electron chi connectivity index (χ2n) is 4.31. The average molecular weight is 266 g/mol. The van der Waals surface area contributed by atoms with Crippen molar-refractivity contribution in [2.24, 2.45) is 7.05 Å². The lowest BCUT2D eigenvalue weighted by molar-refractivity contribution is 0.469. The largest absolute Gasteiger partial charge is 0.309 e. The Morgan fingerprint density at radius 2 is 2.16 bits per heavy atom. The Kier molecular flexibility index (Phi) is 4.21. The lowest BCUT2D eigenvalue weighted by Gasteiger charge is -2.18. The molecule has 1 heterocycles. The summed E-state index contributed by atoms with van der Waals surface area (Å²) in [5.74, 6) is -1.61. The van der Waals surface area contributed by atoms with Gasteiger partial charge in [0.25, 0.3) is 0 Å². The number of aromatic nitrogens is 3. The van der Waals surface area contributed by atoms with E-state index >= 15 is 0 Å². The minimum absolute atomic E-state index is 0.152. The van der Waals surface area contributed by atoms with Crippen molar-refractivity contribution in [3.63, 3.8) is 0 Å². The van der Waals surface area contributed by atoms with Crippen LogP contribution in [0.2, 0.25) is 0 Å². The minimum atomic E-state index is -0.823. The summed E-state index contributed by atoms with van der Waals surface area (Å²) in [6, 6.07) is 4.07. The van der Waals surface area contributed by atoms with E-state index < -0.39 is 11.6 Å². The Labute approximate surface area is 110 Å². The molecule has 0 amide bonds. The molecule has 1 aromatic heterocycles. The van der Waals surface area contributed by atoms with Crippen molar-refractivity contribution >= 4 is 0 Å². The highest BCUT2D eigenvalue weighted by Crippen LogP contribution is 2.20. The van der Waals surface area contributed by atoms with E-state index in [-0.39, 0.29) is 6.04 Å². The number of likely N-dealkylation sites (N-methyl/N-ethyl adjacent to an activating group) is 1. The van der Waals surface area contributed by atoms with Crippen molar-refractivity contribution < 1.29 is 8.78 Å². The fourth-order valence-electron chi connectivity index (χ4n) is 2.07. The van der Waals surface area contributed by atoms with Crippen molar-refractivity contribution in [2.75, 3.05) is 6.54 Å². The molecular weight excluding hydrogens is 250 g/mol. The summed E-state index contributed by atoms with van der Waals surface area (Å²) >= 11 is 0. The van der Waals surface area contributed by atoms with Gasteiger partial charge in [-0.2, -0.15) is 0 Å². The Morgan fingerprint density at radius 1 is 1.37 bits per heavy atom. The molecule has 0 saturated carbocycles. The lowest BCUT2D eigenvalue weighted by Crippen LogP contribution is -2.25. The Hall–Kier alpha value is -1.82. The zero-order valence-corrected chi connectivity index (χ0v) is 10.9. The van der Waals surface area contributed by atoms with Crippen LogP contribution >= 0.6 is 0 Å². The molecule has 0 saturated heterocycles. The molecular formula is C13H16F2N4. The first-order valence-electron chi connectivity index (χ1n) is 6.14. The summed E-state index contributed by atoms with van der Waals surface area (Å²) in [6.07, 6.45) is 1.98. The summed E-state index contributed by atoms with van der Waals surface area (Å²) in [4.78, 5) is 0. The molecule has 19 heavy (non-hydrogen) atoms. The second kappa shape index (κ2) is 5.88. The van der Waals surface area contributed by atoms with Crippen LogP contribution in [0.4, 0.5) is 8.78 Å². The Balaban J connectivity index is 2.27. The number of halogens is 2. The van der Waals surface area contributed by atoms with Gasteiger partial charge in [-0.25, -0.2) is 8.78 Å². The summed E-state index contributed by atoms with van der Waals surface area (Å²) in [7, 11) is 1.77. The van der Waals surface area contributed by atoms with Gasteiger partial charge >= 0.3 is 0 Å². The molecule has 4 nitrogen and oxygen atoms in total. The van der Waals surface area contributed by atoms with Gasteiger partial charge in [0.1, 0.15) is 0 Å². The topological polar surface area (TPSA) is 42.7 Å². The summed E-state index contributed by atoms with van der Waals surface area (Å²) in [6.45, 7) is 2.67. The van der Waals surface area contributed by atoms with Crippen LogP contribution in [0.1, 0.15) is 24.2 Å². The number of hydrogen-bond donors (Lipinski definition) is 1. The van der Waals surface area contributed by atoms with Crippen molar-refractivity contribution in [1.29, 1.82) is 0 Å². The Bertz CT molecular complexity index is 553.